The molecule has 0 aliphatic rings. The molecule has 98 valence electrons. The van der Waals surface area contributed by atoms with Crippen LogP contribution in [0.3, 0.4) is 0 Å². The summed E-state index contributed by atoms with van der Waals surface area (Å²) in [7, 11) is 0. The maximum Gasteiger partial charge on any atom is 0.0989 e. The summed E-state index contributed by atoms with van der Waals surface area (Å²) < 4.78 is 1.53. The summed E-state index contributed by atoms with van der Waals surface area (Å²) in [5, 5.41) is 6.85. The summed E-state index contributed by atoms with van der Waals surface area (Å²) >= 11 is 13.4. The molecule has 0 aliphatic carbocycles. The van der Waals surface area contributed by atoms with E-state index in [1.165, 1.54) is 11.3 Å². The fraction of sp³-hybridized carbons (Fsp3) is 0.667. The lowest BCUT2D eigenvalue weighted by molar-refractivity contribution is 0.472. The Labute approximate surface area is 118 Å². The van der Waals surface area contributed by atoms with E-state index in [0.29, 0.717) is 12.0 Å². The molecule has 0 amide bonds. The molecule has 5 heteroatoms. The van der Waals surface area contributed by atoms with Crippen molar-refractivity contribution in [3.05, 3.63) is 20.3 Å². The number of thiophene rings is 1. The molecular formula is C12H20Cl2N2S. The van der Waals surface area contributed by atoms with E-state index in [9.17, 15) is 0 Å². The van der Waals surface area contributed by atoms with E-state index in [2.05, 4.69) is 31.4 Å². The predicted molar refractivity (Wildman–Crippen MR) is 78.3 cm³/mol. The van der Waals surface area contributed by atoms with Gasteiger partial charge in [0.05, 0.1) is 8.67 Å². The van der Waals surface area contributed by atoms with Gasteiger partial charge in [-0.3, -0.25) is 0 Å². The van der Waals surface area contributed by atoms with Crippen LogP contribution in [0.5, 0.6) is 0 Å². The lowest BCUT2D eigenvalue weighted by Gasteiger charge is -2.15. The Morgan fingerprint density at radius 2 is 1.94 bits per heavy atom. The molecule has 17 heavy (non-hydrogen) atoms. The average molecular weight is 295 g/mol. The third kappa shape index (κ3) is 6.07. The van der Waals surface area contributed by atoms with Crippen molar-refractivity contribution in [3.63, 3.8) is 0 Å². The van der Waals surface area contributed by atoms with Gasteiger partial charge in [-0.05, 0) is 31.0 Å². The lowest BCUT2D eigenvalue weighted by Crippen LogP contribution is -2.37. The number of halogens is 2. The first-order chi connectivity index (χ1) is 7.99. The molecule has 0 bridgehead atoms. The smallest absolute Gasteiger partial charge is 0.0989 e. The highest BCUT2D eigenvalue weighted by atomic mass is 35.5. The summed E-state index contributed by atoms with van der Waals surface area (Å²) in [5.74, 6) is 0.687. The second kappa shape index (κ2) is 7.59. The lowest BCUT2D eigenvalue weighted by atomic mass is 10.2. The van der Waals surface area contributed by atoms with Crippen LogP contribution in [-0.4, -0.2) is 19.1 Å². The van der Waals surface area contributed by atoms with Gasteiger partial charge in [-0.1, -0.05) is 37.0 Å². The number of rotatable bonds is 7. The Morgan fingerprint density at radius 1 is 1.24 bits per heavy atom. The van der Waals surface area contributed by atoms with Crippen LogP contribution >= 0.6 is 34.5 Å². The zero-order chi connectivity index (χ0) is 12.8. The van der Waals surface area contributed by atoms with Gasteiger partial charge in [-0.15, -0.1) is 11.3 Å². The van der Waals surface area contributed by atoms with Crippen molar-refractivity contribution < 1.29 is 0 Å². The molecular weight excluding hydrogens is 275 g/mol. The van der Waals surface area contributed by atoms with Crippen LogP contribution in [0.25, 0.3) is 0 Å². The summed E-state index contributed by atoms with van der Waals surface area (Å²) in [6.07, 6.45) is 0. The Hall–Kier alpha value is 0.200. The summed E-state index contributed by atoms with van der Waals surface area (Å²) in [6.45, 7) is 9.36. The number of hydrogen-bond acceptors (Lipinski definition) is 3. The zero-order valence-corrected chi connectivity index (χ0v) is 12.8. The van der Waals surface area contributed by atoms with Crippen LogP contribution in [0.15, 0.2) is 6.07 Å². The topological polar surface area (TPSA) is 24.1 Å². The second-order valence-corrected chi connectivity index (χ2v) is 6.97. The highest BCUT2D eigenvalue weighted by molar-refractivity contribution is 7.20. The van der Waals surface area contributed by atoms with Crippen molar-refractivity contribution >= 4 is 34.5 Å². The summed E-state index contributed by atoms with van der Waals surface area (Å²) in [6, 6.07) is 2.35. The first-order valence-corrected chi connectivity index (χ1v) is 7.44. The normalized spacial score (nSPS) is 13.3. The molecule has 0 spiro atoms. The van der Waals surface area contributed by atoms with Crippen LogP contribution in [0.2, 0.25) is 8.67 Å². The highest BCUT2D eigenvalue weighted by Crippen LogP contribution is 2.30. The van der Waals surface area contributed by atoms with Gasteiger partial charge in [0.1, 0.15) is 0 Å². The first kappa shape index (κ1) is 15.3. The number of hydrogen-bond donors (Lipinski definition) is 2. The first-order valence-electron chi connectivity index (χ1n) is 5.86. The van der Waals surface area contributed by atoms with Gasteiger partial charge in [0, 0.05) is 19.1 Å². The van der Waals surface area contributed by atoms with Crippen LogP contribution in [-0.2, 0) is 6.54 Å². The van der Waals surface area contributed by atoms with E-state index < -0.39 is 0 Å². The standard InChI is InChI=1S/C12H20Cl2N2S/c1-8(2)5-15-6-9(3)16-7-10-4-11(13)17-12(10)14/h4,8-9,15-16H,5-7H2,1-3H3. The minimum absolute atomic E-state index is 0.420. The molecule has 1 aromatic rings. The molecule has 2 N–H and O–H groups in total. The SMILES string of the molecule is CC(C)CNCC(C)NCc1cc(Cl)sc1Cl. The Kier molecular flexibility index (Phi) is 6.82. The zero-order valence-electron chi connectivity index (χ0n) is 10.5. The maximum atomic E-state index is 6.05. The largest absolute Gasteiger partial charge is 0.315 e. The molecule has 2 nitrogen and oxygen atoms in total. The van der Waals surface area contributed by atoms with E-state index in [4.69, 9.17) is 23.2 Å². The molecule has 0 radical (unpaired) electrons. The van der Waals surface area contributed by atoms with Crippen LogP contribution in [0, 0.1) is 5.92 Å². The fourth-order valence-corrected chi connectivity index (χ4v) is 2.93. The van der Waals surface area contributed by atoms with Crippen molar-refractivity contribution in [1.29, 1.82) is 0 Å². The van der Waals surface area contributed by atoms with Gasteiger partial charge >= 0.3 is 0 Å². The van der Waals surface area contributed by atoms with Gasteiger partial charge in [0.25, 0.3) is 0 Å². The second-order valence-electron chi connectivity index (χ2n) is 4.68. The van der Waals surface area contributed by atoms with Gasteiger partial charge in [-0.2, -0.15) is 0 Å². The van der Waals surface area contributed by atoms with Crippen molar-refractivity contribution in [2.75, 3.05) is 13.1 Å². The molecule has 1 heterocycles. The van der Waals surface area contributed by atoms with Crippen molar-refractivity contribution in [2.24, 2.45) is 5.92 Å². The highest BCUT2D eigenvalue weighted by Gasteiger charge is 2.07. The van der Waals surface area contributed by atoms with Crippen molar-refractivity contribution in [1.82, 2.24) is 10.6 Å². The molecule has 1 unspecified atom stereocenters. The van der Waals surface area contributed by atoms with Gasteiger partial charge in [-0.25, -0.2) is 0 Å². The molecule has 1 atom stereocenters. The number of nitrogens with one attached hydrogen (secondary N) is 2. The minimum Gasteiger partial charge on any atom is -0.315 e. The van der Waals surface area contributed by atoms with Gasteiger partial charge in [0.15, 0.2) is 0 Å². The van der Waals surface area contributed by atoms with E-state index >= 15 is 0 Å². The Morgan fingerprint density at radius 3 is 2.47 bits per heavy atom. The molecule has 1 aromatic heterocycles. The average Bonchev–Trinajstić information content (AvgIpc) is 2.54. The summed E-state index contributed by atoms with van der Waals surface area (Å²) in [4.78, 5) is 0. The van der Waals surface area contributed by atoms with Gasteiger partial charge < -0.3 is 10.6 Å². The third-order valence-electron chi connectivity index (χ3n) is 2.37. The fourth-order valence-electron chi connectivity index (χ4n) is 1.44. The molecule has 1 rings (SSSR count). The molecule has 0 aromatic carbocycles. The van der Waals surface area contributed by atoms with Crippen LogP contribution in [0.4, 0.5) is 0 Å². The Balaban J connectivity index is 2.23. The van der Waals surface area contributed by atoms with Gasteiger partial charge in [0.2, 0.25) is 0 Å². The molecule has 0 saturated heterocycles. The molecule has 0 aliphatic heterocycles. The van der Waals surface area contributed by atoms with E-state index in [1.54, 1.807) is 0 Å². The third-order valence-corrected chi connectivity index (χ3v) is 3.94. The monoisotopic (exact) mass is 294 g/mol. The minimum atomic E-state index is 0.420. The van der Waals surface area contributed by atoms with Crippen LogP contribution < -0.4 is 10.6 Å². The van der Waals surface area contributed by atoms with Crippen molar-refractivity contribution in [2.45, 2.75) is 33.4 Å². The maximum absolute atomic E-state index is 6.05. The van der Waals surface area contributed by atoms with E-state index in [-0.39, 0.29) is 0 Å². The molecule has 0 fully saturated rings. The molecule has 0 saturated carbocycles. The summed E-state index contributed by atoms with van der Waals surface area (Å²) in [5.41, 5.74) is 1.08. The predicted octanol–water partition coefficient (Wildman–Crippen LogP) is 3.78. The van der Waals surface area contributed by atoms with Crippen LogP contribution in [0.1, 0.15) is 26.3 Å². The van der Waals surface area contributed by atoms with E-state index in [1.807, 2.05) is 6.07 Å². The van der Waals surface area contributed by atoms with Crippen molar-refractivity contribution in [3.8, 4) is 0 Å². The van der Waals surface area contributed by atoms with E-state index in [0.717, 1.165) is 33.9 Å². The Bertz CT molecular complexity index is 339. The quantitative estimate of drug-likeness (QED) is 0.800.